The first kappa shape index (κ1) is 119. The first-order chi connectivity index (χ1) is 67.9. The van der Waals surface area contributed by atoms with E-state index in [1.54, 1.807) is 63.5 Å². The van der Waals surface area contributed by atoms with Gasteiger partial charge >= 0.3 is 0 Å². The summed E-state index contributed by atoms with van der Waals surface area (Å²) in [5.41, 5.74) is 13.0. The van der Waals surface area contributed by atoms with Gasteiger partial charge in [0.25, 0.3) is 22.9 Å². The van der Waals surface area contributed by atoms with Crippen LogP contribution >= 0.6 is 136 Å². The first-order valence-corrected chi connectivity index (χ1v) is 62.4. The Kier molecular flexibility index (Phi) is 33.0. The van der Waals surface area contributed by atoms with E-state index in [1.807, 2.05) is 155 Å². The largest absolute Gasteiger partial charge is 0.482 e. The number of fused-ring (bicyclic) bond motifs is 21. The Morgan fingerprint density at radius 1 is 0.302 bits per heavy atom. The van der Waals surface area contributed by atoms with Gasteiger partial charge in [-0.15, -0.1) is 125 Å². The normalized spacial score (nSPS) is 15.5. The van der Waals surface area contributed by atoms with Gasteiger partial charge in [0.05, 0.1) is 92.3 Å². The van der Waals surface area contributed by atoms with Gasteiger partial charge in [-0.1, -0.05) is 302 Å². The Labute approximate surface area is 937 Å². The molecule has 0 N–H and O–H groups in total. The predicted molar refractivity (Wildman–Crippen MR) is 671 cm³/mol. The third kappa shape index (κ3) is 23.6. The number of carbonyl (C=O) groups is 2. The summed E-state index contributed by atoms with van der Waals surface area (Å²) in [6.07, 6.45) is 1.46. The molecule has 20 rings (SSSR count). The van der Waals surface area contributed by atoms with Crippen molar-refractivity contribution in [2.24, 2.45) is 24.9 Å². The lowest BCUT2D eigenvalue weighted by Crippen LogP contribution is -2.35. The molecule has 0 fully saturated rings. The van der Waals surface area contributed by atoms with E-state index in [0.717, 1.165) is 59.3 Å². The van der Waals surface area contributed by atoms with Crippen molar-refractivity contribution in [2.45, 2.75) is 404 Å². The van der Waals surface area contributed by atoms with Gasteiger partial charge in [0, 0.05) is 131 Å². The second-order valence-electron chi connectivity index (χ2n) is 54.7. The molecule has 0 bridgehead atoms. The van der Waals surface area contributed by atoms with Gasteiger partial charge < -0.3 is 23.8 Å². The van der Waals surface area contributed by atoms with Crippen LogP contribution in [-0.2, 0) is 83.2 Å². The summed E-state index contributed by atoms with van der Waals surface area (Å²) in [5, 5.41) is 13.0. The molecular weight excluding hydrogens is 2070 g/mol. The number of carbonyl (C=O) groups excluding carboxylic acids is 2. The number of benzene rings is 3. The first-order valence-electron chi connectivity index (χ1n) is 52.6. The molecule has 17 aromatic rings. The van der Waals surface area contributed by atoms with E-state index < -0.39 is 0 Å². The zero-order chi connectivity index (χ0) is 112. The average molecular weight is 2240 g/mol. The Balaban J connectivity index is 0.000000145. The molecule has 3 aromatic carbocycles. The van der Waals surface area contributed by atoms with Crippen molar-refractivity contribution in [3.63, 3.8) is 0 Å². The molecule has 12 nitrogen and oxygen atoms in total. The summed E-state index contributed by atoms with van der Waals surface area (Å²) < 4.78 is 37.1. The van der Waals surface area contributed by atoms with Crippen LogP contribution in [-0.4, -0.2) is 65.8 Å². The SMILES string of the molecule is CC(C)(C)c1cc2c3nsnc3c3cc(C(C)(C)C)sc3c2s1.CC1Oc2c(C(C)(C)C)sc(C(C)(C)C)c2OC1C.CCC.CN1C(=O)C(C(C)(C)C)=C2C1=C(C(C)(C)C)C(=O)N2C.Cc1cc2c(cc1C)c1cc(C(C)(C)C)sc1c1sc(C(C)(C)C)cc21.Cc1sc2c(C(C)(C)C)sc(C(C)(C)C)c2c1C.Cn1c(=O)c2ccsc2c2sc(C(C)(C)C)cc2c1=O.Cn1c2cc(C(C)(C)C)sc2c2sc(C(C)(C)C)cc21. The number of amides is 2. The molecule has 17 heterocycles. The van der Waals surface area contributed by atoms with Crippen molar-refractivity contribution in [2.75, 3.05) is 14.1 Å². The second kappa shape index (κ2) is 41.3. The zero-order valence-electron chi connectivity index (χ0n) is 99.2. The molecular formula is C125H168N6O6S12. The highest BCUT2D eigenvalue weighted by Crippen LogP contribution is 2.58. The number of aromatic nitrogens is 4. The highest BCUT2D eigenvalue weighted by Gasteiger charge is 2.51. The van der Waals surface area contributed by atoms with Crippen LogP contribution in [0.15, 0.2) is 98.2 Å². The average Bonchev–Trinajstić information content (AvgIpc) is 1.57. The summed E-state index contributed by atoms with van der Waals surface area (Å²) >= 11 is 22.1. The van der Waals surface area contributed by atoms with Crippen LogP contribution in [0.5, 0.6) is 11.5 Å². The molecule has 2 unspecified atom stereocenters. The monoisotopic (exact) mass is 2230 g/mol. The van der Waals surface area contributed by atoms with Gasteiger partial charge in [-0.25, -0.2) is 0 Å². The van der Waals surface area contributed by atoms with Crippen LogP contribution in [0.1, 0.15) is 379 Å². The maximum atomic E-state index is 12.6. The maximum absolute atomic E-state index is 12.6. The van der Waals surface area contributed by atoms with Crippen LogP contribution in [0.3, 0.4) is 0 Å². The molecule has 3 aliphatic rings. The fourth-order valence-corrected chi connectivity index (χ4v) is 33.3. The third-order valence-electron chi connectivity index (χ3n) is 27.5. The zero-order valence-corrected chi connectivity index (χ0v) is 109. The van der Waals surface area contributed by atoms with Gasteiger partial charge in [-0.3, -0.25) is 23.7 Å². The quantitative estimate of drug-likeness (QED) is 0.147. The lowest BCUT2D eigenvalue weighted by Gasteiger charge is -2.31. The molecule has 3 aliphatic heterocycles. The van der Waals surface area contributed by atoms with Crippen LogP contribution < -0.4 is 20.6 Å². The number of hydrogen-bond acceptors (Lipinski definition) is 20. The Bertz CT molecular complexity index is 7880. The minimum atomic E-state index is -0.287. The fourth-order valence-electron chi connectivity index (χ4n) is 18.4. The van der Waals surface area contributed by atoms with Crippen molar-refractivity contribution in [1.82, 2.24) is 27.7 Å². The summed E-state index contributed by atoms with van der Waals surface area (Å²) in [5.74, 6) is 1.97. The number of hydrogen-bond donors (Lipinski definition) is 0. The highest BCUT2D eigenvalue weighted by molar-refractivity contribution is 7.30. The Hall–Kier alpha value is -7.30. The summed E-state index contributed by atoms with van der Waals surface area (Å²) in [7, 11) is 7.27. The van der Waals surface area contributed by atoms with E-state index in [2.05, 4.69) is 353 Å². The molecule has 14 aromatic heterocycles. The van der Waals surface area contributed by atoms with E-state index in [-0.39, 0.29) is 106 Å². The molecule has 2 amide bonds. The summed E-state index contributed by atoms with van der Waals surface area (Å²) in [4.78, 5) is 70.3. The van der Waals surface area contributed by atoms with Crippen molar-refractivity contribution in [1.29, 1.82) is 0 Å². The van der Waals surface area contributed by atoms with Crippen LogP contribution in [0.4, 0.5) is 0 Å². The van der Waals surface area contributed by atoms with E-state index in [9.17, 15) is 19.2 Å². The number of nitrogens with zero attached hydrogens (tertiary/aromatic N) is 6. The molecule has 0 radical (unpaired) electrons. The minimum Gasteiger partial charge on any atom is -0.482 e. The summed E-state index contributed by atoms with van der Waals surface area (Å²) in [6.45, 7) is 105. The van der Waals surface area contributed by atoms with Crippen LogP contribution in [0.2, 0.25) is 0 Å². The lowest BCUT2D eigenvalue weighted by molar-refractivity contribution is -0.125. The van der Waals surface area contributed by atoms with Crippen LogP contribution in [0, 0.1) is 38.5 Å². The number of rotatable bonds is 0. The van der Waals surface area contributed by atoms with Gasteiger partial charge in [-0.05, 0) is 182 Å². The maximum Gasteiger partial charge on any atom is 0.261 e. The van der Waals surface area contributed by atoms with E-state index in [1.165, 1.54) is 171 Å². The van der Waals surface area contributed by atoms with Crippen molar-refractivity contribution >= 4 is 261 Å². The van der Waals surface area contributed by atoms with Crippen molar-refractivity contribution < 1.29 is 19.1 Å². The van der Waals surface area contributed by atoms with Crippen molar-refractivity contribution in [3.05, 3.63) is 185 Å². The van der Waals surface area contributed by atoms with Gasteiger partial charge in [0.1, 0.15) is 23.2 Å². The Morgan fingerprint density at radius 3 is 0.913 bits per heavy atom. The third-order valence-corrected chi connectivity index (χ3v) is 45.9. The molecule has 24 heteroatoms. The minimum absolute atomic E-state index is 0.00283. The number of aryl methyl sites for hydroxylation is 5. The molecule has 149 heavy (non-hydrogen) atoms. The van der Waals surface area contributed by atoms with Gasteiger partial charge in [-0.2, -0.15) is 8.75 Å². The highest BCUT2D eigenvalue weighted by atomic mass is 32.1. The molecule has 2 atom stereocenters. The van der Waals surface area contributed by atoms with Crippen LogP contribution in [0.25, 0.3) is 113 Å². The Morgan fingerprint density at radius 2 is 0.591 bits per heavy atom. The van der Waals surface area contributed by atoms with Gasteiger partial charge in [0.15, 0.2) is 11.5 Å². The van der Waals surface area contributed by atoms with Gasteiger partial charge in [0.2, 0.25) is 0 Å². The van der Waals surface area contributed by atoms with Crippen molar-refractivity contribution in [3.8, 4) is 11.5 Å². The topological polar surface area (TPSA) is 129 Å². The second-order valence-corrected chi connectivity index (χ2v) is 66.8. The molecule has 806 valence electrons. The molecule has 0 saturated heterocycles. The number of ether oxygens (including phenoxy) is 2. The molecule has 0 aliphatic carbocycles. The lowest BCUT2D eigenvalue weighted by atomic mass is 9.84. The van der Waals surface area contributed by atoms with E-state index in [4.69, 9.17) is 9.47 Å². The smallest absolute Gasteiger partial charge is 0.261 e. The molecule has 0 saturated carbocycles. The van der Waals surface area contributed by atoms with E-state index >= 15 is 0 Å². The predicted octanol–water partition coefficient (Wildman–Crippen LogP) is 39.7. The number of thiophene rings is 11. The summed E-state index contributed by atoms with van der Waals surface area (Å²) in [6, 6.07) is 22.9. The van der Waals surface area contributed by atoms with E-state index in [0.29, 0.717) is 10.8 Å². The molecule has 0 spiro atoms. The fraction of sp³-hybridized carbons (Fsp3) is 0.536. The number of likely N-dealkylation sites (N-methyl/N-ethyl adjacent to an activating group) is 2. The standard InChI is InChI=1S/C24H28S2.C18H20N2S3.C17H23NS2.C16H24N2O2.C16H26O2S.C16H24S2.C15H15NO2S2.C3H8/c1-13-9-15-16(10-14(13)2)18-12-20(24(6,7)8)26-22(18)21-17(15)11-19(25-21)23(3,4)5;1-17(2,3)11-7-9-13-14(20-23-19-13)10-8-12(18(4,5)6)22-16(10)15(9)21-11;1-16(2,3)12-8-10-14(19-12)15-11(18(10)7)9-13(20-15)17(4,5)6;1-15(2,3)9-11-12(18(8)13(9)19)10(16(4,5)6)14(20)17(11)7;1-9-10(2)18-12-11(17-9)13(15(3,4)5)19-14(12)16(6,7)8;1-9-10(2)17-12-11(9)13(15(3,4)5)18-14(12)16(6,7)8;1-15(2,3)10-7-9-12(20-10)11-8(5-6-19-11)13(17)16(4)14(9)18;1-3-2/h9-12H,1-8H3;7-8H,1-6H3;8-9H,1-7H3;1-8H3;9-10H,1-8H3;1-8H3;5-7H,1-4H3;3H2,1-2H3.